The SMILES string of the molecule is Cn1cc(Nc2ccc(C3CN(c4nc5ccc(OCC(C)(C)O)cc5o4)C3)nc2C(N)=O)cn1. The first-order valence-electron chi connectivity index (χ1n) is 11.2. The molecule has 11 heteroatoms. The highest BCUT2D eigenvalue weighted by molar-refractivity contribution is 5.97. The minimum atomic E-state index is -0.927. The Balaban J connectivity index is 1.27. The lowest BCUT2D eigenvalue weighted by Gasteiger charge is -2.37. The number of ether oxygens (including phenoxy) is 1. The van der Waals surface area contributed by atoms with E-state index in [1.807, 2.05) is 30.1 Å². The minimum absolute atomic E-state index is 0.112. The highest BCUT2D eigenvalue weighted by Crippen LogP contribution is 2.34. The lowest BCUT2D eigenvalue weighted by molar-refractivity contribution is 0.0285. The van der Waals surface area contributed by atoms with Crippen molar-refractivity contribution >= 4 is 34.4 Å². The molecule has 4 aromatic rings. The normalized spacial score (nSPS) is 14.2. The lowest BCUT2D eigenvalue weighted by Crippen LogP contribution is -2.45. The van der Waals surface area contributed by atoms with E-state index >= 15 is 0 Å². The molecule has 0 atom stereocenters. The molecule has 0 spiro atoms. The van der Waals surface area contributed by atoms with Gasteiger partial charge in [-0.25, -0.2) is 4.98 Å². The summed E-state index contributed by atoms with van der Waals surface area (Å²) in [7, 11) is 1.81. The number of hydrogen-bond acceptors (Lipinski definition) is 9. The van der Waals surface area contributed by atoms with Crippen LogP contribution in [-0.2, 0) is 7.05 Å². The Morgan fingerprint density at radius 3 is 2.77 bits per heavy atom. The number of benzene rings is 1. The van der Waals surface area contributed by atoms with E-state index < -0.39 is 11.5 Å². The molecule has 0 saturated carbocycles. The maximum absolute atomic E-state index is 12.1. The van der Waals surface area contributed by atoms with Gasteiger partial charge in [0, 0.05) is 44.0 Å². The van der Waals surface area contributed by atoms with Crippen LogP contribution in [0.5, 0.6) is 5.75 Å². The van der Waals surface area contributed by atoms with Crippen LogP contribution in [0.1, 0.15) is 35.9 Å². The second-order valence-electron chi connectivity index (χ2n) is 9.35. The van der Waals surface area contributed by atoms with E-state index in [4.69, 9.17) is 14.9 Å². The summed E-state index contributed by atoms with van der Waals surface area (Å²) >= 11 is 0. The highest BCUT2D eigenvalue weighted by Gasteiger charge is 2.33. The summed E-state index contributed by atoms with van der Waals surface area (Å²) < 4.78 is 13.2. The molecule has 0 aliphatic carbocycles. The average molecular weight is 478 g/mol. The summed E-state index contributed by atoms with van der Waals surface area (Å²) in [4.78, 5) is 23.2. The zero-order valence-corrected chi connectivity index (χ0v) is 19.7. The average Bonchev–Trinajstić information content (AvgIpc) is 3.36. The molecule has 1 aliphatic rings. The number of amides is 1. The van der Waals surface area contributed by atoms with Gasteiger partial charge in [-0.3, -0.25) is 9.48 Å². The monoisotopic (exact) mass is 477 g/mol. The largest absolute Gasteiger partial charge is 0.490 e. The van der Waals surface area contributed by atoms with E-state index in [0.29, 0.717) is 36.1 Å². The molecule has 1 aromatic carbocycles. The number of aliphatic hydroxyl groups is 1. The van der Waals surface area contributed by atoms with E-state index in [0.717, 1.165) is 16.9 Å². The molecule has 35 heavy (non-hydrogen) atoms. The molecule has 0 radical (unpaired) electrons. The van der Waals surface area contributed by atoms with Gasteiger partial charge in [0.05, 0.1) is 23.2 Å². The number of pyridine rings is 1. The number of nitrogens with one attached hydrogen (secondary N) is 1. The molecule has 11 nitrogen and oxygen atoms in total. The third kappa shape index (κ3) is 4.90. The first kappa shape index (κ1) is 22.7. The maximum Gasteiger partial charge on any atom is 0.298 e. The van der Waals surface area contributed by atoms with Crippen molar-refractivity contribution in [2.24, 2.45) is 12.8 Å². The zero-order chi connectivity index (χ0) is 24.7. The number of primary amides is 1. The number of fused-ring (bicyclic) bond motifs is 1. The quantitative estimate of drug-likeness (QED) is 0.349. The molecule has 3 aromatic heterocycles. The van der Waals surface area contributed by atoms with Crippen molar-refractivity contribution in [1.82, 2.24) is 19.7 Å². The Bertz CT molecular complexity index is 1380. The van der Waals surface area contributed by atoms with Crippen molar-refractivity contribution in [2.45, 2.75) is 25.4 Å². The number of carbonyl (C=O) groups excluding carboxylic acids is 1. The van der Waals surface area contributed by atoms with Crippen LogP contribution in [0.25, 0.3) is 11.1 Å². The van der Waals surface area contributed by atoms with E-state index in [9.17, 15) is 9.90 Å². The summed E-state index contributed by atoms with van der Waals surface area (Å²) in [5.41, 5.74) is 8.24. The summed E-state index contributed by atoms with van der Waals surface area (Å²) in [5, 5.41) is 17.1. The molecule has 1 fully saturated rings. The standard InChI is InChI=1S/C24H27N7O4/c1-24(2,33)13-34-16-4-5-18-20(8-16)35-23(29-18)31-10-14(11-31)17-6-7-19(21(28-17)22(25)32)27-15-9-26-30(3)12-15/h4-9,12,14,27,33H,10-11,13H2,1-3H3,(H2,25,32). The van der Waals surface area contributed by atoms with Crippen LogP contribution < -0.4 is 20.7 Å². The molecule has 4 heterocycles. The topological polar surface area (TPSA) is 145 Å². The first-order chi connectivity index (χ1) is 16.6. The van der Waals surface area contributed by atoms with Gasteiger partial charge < -0.3 is 30.2 Å². The molecule has 4 N–H and O–H groups in total. The van der Waals surface area contributed by atoms with Crippen molar-refractivity contribution in [3.63, 3.8) is 0 Å². The smallest absolute Gasteiger partial charge is 0.298 e. The summed E-state index contributed by atoms with van der Waals surface area (Å²) in [5.74, 6) is 0.115. The van der Waals surface area contributed by atoms with Gasteiger partial charge in [0.25, 0.3) is 11.9 Å². The van der Waals surface area contributed by atoms with Gasteiger partial charge in [0.15, 0.2) is 11.3 Å². The van der Waals surface area contributed by atoms with Crippen molar-refractivity contribution in [3.8, 4) is 5.75 Å². The van der Waals surface area contributed by atoms with Gasteiger partial charge in [-0.1, -0.05) is 0 Å². The van der Waals surface area contributed by atoms with Crippen LogP contribution in [0.2, 0.25) is 0 Å². The fourth-order valence-electron chi connectivity index (χ4n) is 3.83. The molecule has 0 unspecified atom stereocenters. The van der Waals surface area contributed by atoms with Gasteiger partial charge >= 0.3 is 0 Å². The van der Waals surface area contributed by atoms with Gasteiger partial charge in [0.1, 0.15) is 17.9 Å². The van der Waals surface area contributed by atoms with Gasteiger partial charge in [0.2, 0.25) is 0 Å². The molecule has 0 bridgehead atoms. The van der Waals surface area contributed by atoms with E-state index in [2.05, 4.69) is 20.4 Å². The number of rotatable bonds is 8. The Hall–Kier alpha value is -4.12. The molecule has 1 aliphatic heterocycles. The van der Waals surface area contributed by atoms with Gasteiger partial charge in [-0.2, -0.15) is 10.1 Å². The first-order valence-corrected chi connectivity index (χ1v) is 11.2. The number of nitrogens with zero attached hydrogens (tertiary/aromatic N) is 5. The fraction of sp³-hybridized carbons (Fsp3) is 0.333. The number of hydrogen-bond donors (Lipinski definition) is 3. The van der Waals surface area contributed by atoms with E-state index in [1.54, 1.807) is 43.1 Å². The zero-order valence-electron chi connectivity index (χ0n) is 19.7. The Morgan fingerprint density at radius 1 is 1.29 bits per heavy atom. The molecule has 1 saturated heterocycles. The summed E-state index contributed by atoms with van der Waals surface area (Å²) in [6.07, 6.45) is 3.46. The third-order valence-electron chi connectivity index (χ3n) is 5.65. The predicted octanol–water partition coefficient (Wildman–Crippen LogP) is 2.55. The molecule has 182 valence electrons. The van der Waals surface area contributed by atoms with Gasteiger partial charge in [-0.05, 0) is 38.1 Å². The van der Waals surface area contributed by atoms with Crippen LogP contribution >= 0.6 is 0 Å². The number of carbonyl (C=O) groups is 1. The fourth-order valence-corrected chi connectivity index (χ4v) is 3.83. The number of oxazole rings is 1. The molecule has 1 amide bonds. The summed E-state index contributed by atoms with van der Waals surface area (Å²) in [6.45, 7) is 4.84. The number of aromatic nitrogens is 4. The molecular weight excluding hydrogens is 450 g/mol. The van der Waals surface area contributed by atoms with Crippen LogP contribution in [0.15, 0.2) is 47.1 Å². The molecular formula is C24H27N7O4. The Kier molecular flexibility index (Phi) is 5.56. The second kappa shape index (κ2) is 8.58. The van der Waals surface area contributed by atoms with Crippen LogP contribution in [0.4, 0.5) is 17.4 Å². The molecule has 5 rings (SSSR count). The Morgan fingerprint density at radius 2 is 2.09 bits per heavy atom. The van der Waals surface area contributed by atoms with Crippen molar-refractivity contribution in [1.29, 1.82) is 0 Å². The lowest BCUT2D eigenvalue weighted by atomic mass is 9.96. The number of nitrogens with two attached hydrogens (primary N) is 1. The van der Waals surface area contributed by atoms with Crippen LogP contribution in [0.3, 0.4) is 0 Å². The Labute approximate surface area is 201 Å². The minimum Gasteiger partial charge on any atom is -0.490 e. The van der Waals surface area contributed by atoms with Crippen LogP contribution in [-0.4, -0.2) is 56.1 Å². The summed E-state index contributed by atoms with van der Waals surface area (Å²) in [6, 6.07) is 9.62. The van der Waals surface area contributed by atoms with Crippen molar-refractivity contribution < 1.29 is 19.1 Å². The van der Waals surface area contributed by atoms with E-state index in [-0.39, 0.29) is 18.2 Å². The maximum atomic E-state index is 12.1. The van der Waals surface area contributed by atoms with Crippen molar-refractivity contribution in [3.05, 3.63) is 54.1 Å². The van der Waals surface area contributed by atoms with E-state index in [1.165, 1.54) is 0 Å². The second-order valence-corrected chi connectivity index (χ2v) is 9.35. The van der Waals surface area contributed by atoms with Gasteiger partial charge in [-0.15, -0.1) is 0 Å². The predicted molar refractivity (Wildman–Crippen MR) is 130 cm³/mol. The van der Waals surface area contributed by atoms with Crippen LogP contribution in [0, 0.1) is 0 Å². The van der Waals surface area contributed by atoms with Crippen molar-refractivity contribution in [2.75, 3.05) is 29.9 Å². The number of aryl methyl sites for hydroxylation is 1. The number of anilines is 3. The third-order valence-corrected chi connectivity index (χ3v) is 5.65. The highest BCUT2D eigenvalue weighted by atomic mass is 16.5.